The Morgan fingerprint density at radius 2 is 1.41 bits per heavy atom. The van der Waals surface area contributed by atoms with Crippen molar-refractivity contribution in [3.63, 3.8) is 0 Å². The number of rotatable bonds is 10. The van der Waals surface area contributed by atoms with Crippen molar-refractivity contribution in [3.05, 3.63) is 96.1 Å². The Labute approximate surface area is 226 Å². The highest BCUT2D eigenvalue weighted by atomic mass is 28.4. The van der Waals surface area contributed by atoms with Crippen molar-refractivity contribution in [2.24, 2.45) is 5.92 Å². The summed E-state index contributed by atoms with van der Waals surface area (Å²) >= 11 is 0. The van der Waals surface area contributed by atoms with Crippen molar-refractivity contribution in [2.45, 2.75) is 64.5 Å². The third-order valence-electron chi connectivity index (χ3n) is 7.91. The van der Waals surface area contributed by atoms with E-state index in [0.717, 1.165) is 37.7 Å². The van der Waals surface area contributed by atoms with Crippen LogP contribution in [0.2, 0.25) is 5.04 Å². The molecule has 1 aliphatic rings. The first-order valence-corrected chi connectivity index (χ1v) is 15.9. The van der Waals surface area contributed by atoms with Crippen LogP contribution in [0.15, 0.2) is 84.9 Å². The predicted molar refractivity (Wildman–Crippen MR) is 160 cm³/mol. The monoisotopic (exact) mass is 509 g/mol. The molecule has 0 amide bonds. The first kappa shape index (κ1) is 27.4. The molecule has 4 rings (SSSR count). The van der Waals surface area contributed by atoms with E-state index >= 15 is 0 Å². The fourth-order valence-corrected chi connectivity index (χ4v) is 10.6. The summed E-state index contributed by atoms with van der Waals surface area (Å²) in [7, 11) is -2.52. The molecule has 0 bridgehead atoms. The van der Waals surface area contributed by atoms with Gasteiger partial charge in [-0.05, 0) is 51.9 Å². The van der Waals surface area contributed by atoms with Crippen molar-refractivity contribution in [3.8, 4) is 12.3 Å². The highest BCUT2D eigenvalue weighted by molar-refractivity contribution is 6.99. The molecule has 3 aromatic rings. The Hall–Kier alpha value is -2.64. The van der Waals surface area contributed by atoms with Gasteiger partial charge in [0.05, 0.1) is 0 Å². The highest BCUT2D eigenvalue weighted by Gasteiger charge is 2.50. The molecular weight excluding hydrogens is 466 g/mol. The molecule has 0 saturated heterocycles. The first-order chi connectivity index (χ1) is 17.9. The largest absolute Gasteiger partial charge is 0.406 e. The summed E-state index contributed by atoms with van der Waals surface area (Å²) < 4.78 is 7.23. The number of nitrogens with zero attached hydrogens (tertiary/aromatic N) is 1. The van der Waals surface area contributed by atoms with Gasteiger partial charge < -0.3 is 4.43 Å². The molecule has 3 heteroatoms. The Balaban J connectivity index is 1.57. The summed E-state index contributed by atoms with van der Waals surface area (Å²) in [6.07, 6.45) is 12.4. The molecule has 0 radical (unpaired) electrons. The van der Waals surface area contributed by atoms with Crippen LogP contribution in [0.3, 0.4) is 0 Å². The lowest BCUT2D eigenvalue weighted by atomic mass is 9.89. The molecule has 3 aromatic carbocycles. The predicted octanol–water partition coefficient (Wildman–Crippen LogP) is 6.63. The van der Waals surface area contributed by atoms with Crippen molar-refractivity contribution in [1.82, 2.24) is 4.90 Å². The maximum absolute atomic E-state index is 7.23. The molecule has 0 unspecified atom stereocenters. The summed E-state index contributed by atoms with van der Waals surface area (Å²) in [6.45, 7) is 10.8. The normalized spacial score (nSPS) is 15.0. The van der Waals surface area contributed by atoms with Crippen molar-refractivity contribution in [1.29, 1.82) is 0 Å². The van der Waals surface area contributed by atoms with Gasteiger partial charge in [0.1, 0.15) is 0 Å². The molecule has 1 fully saturated rings. The van der Waals surface area contributed by atoms with E-state index in [1.165, 1.54) is 48.0 Å². The van der Waals surface area contributed by atoms with E-state index in [1.54, 1.807) is 0 Å². The second-order valence-corrected chi connectivity index (χ2v) is 15.9. The average molecular weight is 510 g/mol. The van der Waals surface area contributed by atoms with E-state index in [2.05, 4.69) is 117 Å². The second kappa shape index (κ2) is 12.7. The molecule has 0 aromatic heterocycles. The van der Waals surface area contributed by atoms with Gasteiger partial charge in [0.15, 0.2) is 0 Å². The minimum Gasteiger partial charge on any atom is -0.406 e. The van der Waals surface area contributed by atoms with Crippen LogP contribution in [0.25, 0.3) is 0 Å². The Kier molecular flexibility index (Phi) is 9.43. The second-order valence-electron chi connectivity index (χ2n) is 11.6. The lowest BCUT2D eigenvalue weighted by molar-refractivity contribution is 0.158. The van der Waals surface area contributed by atoms with Crippen LogP contribution < -0.4 is 10.4 Å². The lowest BCUT2D eigenvalue weighted by Crippen LogP contribution is -2.67. The molecular formula is C34H43NOSi. The Morgan fingerprint density at radius 1 is 0.838 bits per heavy atom. The summed E-state index contributed by atoms with van der Waals surface area (Å²) in [5.74, 6) is 3.52. The summed E-state index contributed by atoms with van der Waals surface area (Å²) in [5.41, 5.74) is 2.26. The van der Waals surface area contributed by atoms with Crippen LogP contribution in [0.5, 0.6) is 0 Å². The highest BCUT2D eigenvalue weighted by Crippen LogP contribution is 2.36. The van der Waals surface area contributed by atoms with Gasteiger partial charge in [-0.15, -0.1) is 6.42 Å². The number of terminal acetylenes is 1. The molecule has 1 saturated carbocycles. The van der Waals surface area contributed by atoms with E-state index in [4.69, 9.17) is 10.8 Å². The number of hydrogen-bond acceptors (Lipinski definition) is 2. The SMILES string of the molecule is C#Cc1ccc(CN(CCO[Si](c2ccccc2)(c2ccccc2)C(C)(C)C)CC2CCCCC2)cc1. The molecule has 2 nitrogen and oxygen atoms in total. The zero-order valence-electron chi connectivity index (χ0n) is 23.0. The third kappa shape index (κ3) is 6.82. The zero-order chi connectivity index (χ0) is 26.1. The van der Waals surface area contributed by atoms with Crippen LogP contribution in [0.4, 0.5) is 0 Å². The van der Waals surface area contributed by atoms with Gasteiger partial charge in [-0.2, -0.15) is 0 Å². The van der Waals surface area contributed by atoms with Crippen LogP contribution in [-0.2, 0) is 11.0 Å². The number of hydrogen-bond donors (Lipinski definition) is 0. The van der Waals surface area contributed by atoms with E-state index in [9.17, 15) is 0 Å². The smallest absolute Gasteiger partial charge is 0.261 e. The van der Waals surface area contributed by atoms with Gasteiger partial charge in [-0.25, -0.2) is 0 Å². The van der Waals surface area contributed by atoms with Crippen LogP contribution >= 0.6 is 0 Å². The molecule has 0 atom stereocenters. The van der Waals surface area contributed by atoms with Gasteiger partial charge in [-0.1, -0.05) is 119 Å². The van der Waals surface area contributed by atoms with E-state index in [-0.39, 0.29) is 5.04 Å². The van der Waals surface area contributed by atoms with Crippen LogP contribution in [0, 0.1) is 18.3 Å². The van der Waals surface area contributed by atoms with Crippen molar-refractivity contribution >= 4 is 18.7 Å². The van der Waals surface area contributed by atoms with Crippen LogP contribution in [-0.4, -0.2) is 32.9 Å². The fraction of sp³-hybridized carbons (Fsp3) is 0.412. The summed E-state index contributed by atoms with van der Waals surface area (Å²) in [5, 5.41) is 2.68. The van der Waals surface area contributed by atoms with E-state index in [1.807, 2.05) is 0 Å². The number of benzene rings is 3. The van der Waals surface area contributed by atoms with Crippen LogP contribution in [0.1, 0.15) is 64.0 Å². The molecule has 0 heterocycles. The van der Waals surface area contributed by atoms with Crippen molar-refractivity contribution in [2.75, 3.05) is 19.7 Å². The van der Waals surface area contributed by atoms with Gasteiger partial charge in [0, 0.05) is 31.8 Å². The Morgan fingerprint density at radius 3 is 1.92 bits per heavy atom. The fourth-order valence-electron chi connectivity index (χ4n) is 6.02. The summed E-state index contributed by atoms with van der Waals surface area (Å²) in [6, 6.07) is 30.4. The minimum atomic E-state index is -2.52. The van der Waals surface area contributed by atoms with Gasteiger partial charge >= 0.3 is 0 Å². The quantitative estimate of drug-likeness (QED) is 0.225. The van der Waals surface area contributed by atoms with Gasteiger partial charge in [0.25, 0.3) is 8.32 Å². The van der Waals surface area contributed by atoms with Gasteiger partial charge in [-0.3, -0.25) is 4.90 Å². The Bertz CT molecular complexity index is 1080. The zero-order valence-corrected chi connectivity index (χ0v) is 24.0. The molecule has 0 N–H and O–H groups in total. The third-order valence-corrected chi connectivity index (χ3v) is 13.0. The molecule has 37 heavy (non-hydrogen) atoms. The van der Waals surface area contributed by atoms with Gasteiger partial charge in [0.2, 0.25) is 0 Å². The standard InChI is InChI=1S/C34H43NOSi/c1-5-29-21-23-31(24-22-29)28-35(27-30-15-9-6-10-16-30)25-26-36-37(34(2,3)4,32-17-11-7-12-18-32)33-19-13-8-14-20-33/h1,7-8,11-14,17-24,30H,6,9-10,15-16,25-28H2,2-4H3. The van der Waals surface area contributed by atoms with Crippen molar-refractivity contribution < 1.29 is 4.43 Å². The molecule has 0 spiro atoms. The maximum Gasteiger partial charge on any atom is 0.261 e. The lowest BCUT2D eigenvalue weighted by Gasteiger charge is -2.43. The van der Waals surface area contributed by atoms with E-state index in [0.29, 0.717) is 0 Å². The topological polar surface area (TPSA) is 12.5 Å². The molecule has 0 aliphatic heterocycles. The molecule has 194 valence electrons. The summed E-state index contributed by atoms with van der Waals surface area (Å²) in [4.78, 5) is 2.62. The minimum absolute atomic E-state index is 0.00500. The first-order valence-electron chi connectivity index (χ1n) is 14.0. The average Bonchev–Trinajstić information content (AvgIpc) is 2.92. The maximum atomic E-state index is 7.23. The van der Waals surface area contributed by atoms with E-state index < -0.39 is 8.32 Å². The molecule has 1 aliphatic carbocycles.